The minimum atomic E-state index is -3.00. The van der Waals surface area contributed by atoms with Crippen molar-refractivity contribution in [2.45, 2.75) is 19.8 Å². The molecule has 0 bridgehead atoms. The Bertz CT molecular complexity index is 1160. The van der Waals surface area contributed by atoms with Gasteiger partial charge in [0.15, 0.2) is 11.5 Å². The lowest BCUT2D eigenvalue weighted by Gasteiger charge is -2.12. The van der Waals surface area contributed by atoms with Crippen LogP contribution in [0.5, 0.6) is 11.5 Å². The smallest absolute Gasteiger partial charge is 0.387 e. The van der Waals surface area contributed by atoms with Gasteiger partial charge in [-0.2, -0.15) is 8.78 Å². The van der Waals surface area contributed by atoms with Crippen LogP contribution in [0, 0.1) is 0 Å². The third-order valence-corrected chi connectivity index (χ3v) is 4.01. The molecule has 1 N–H and O–H groups in total. The number of hydrogen-bond donors (Lipinski definition) is 1. The van der Waals surface area contributed by atoms with Crippen molar-refractivity contribution < 1.29 is 27.8 Å². The summed E-state index contributed by atoms with van der Waals surface area (Å²) < 4.78 is 40.0. The average molecular weight is 406 g/mol. The van der Waals surface area contributed by atoms with Crippen LogP contribution >= 0.6 is 0 Å². The highest BCUT2D eigenvalue weighted by molar-refractivity contribution is 5.80. The van der Waals surface area contributed by atoms with Gasteiger partial charge in [-0.3, -0.25) is 19.5 Å². The maximum Gasteiger partial charge on any atom is 0.387 e. The number of benzene rings is 2. The number of aromatic amines is 1. The summed E-state index contributed by atoms with van der Waals surface area (Å²) in [6.07, 6.45) is 0. The van der Waals surface area contributed by atoms with Gasteiger partial charge < -0.3 is 14.2 Å². The van der Waals surface area contributed by atoms with Gasteiger partial charge in [-0.25, -0.2) is 4.68 Å². The molecular formula is C19H16F2N2O6. The highest BCUT2D eigenvalue weighted by Crippen LogP contribution is 2.29. The van der Waals surface area contributed by atoms with Crippen molar-refractivity contribution in [1.29, 1.82) is 0 Å². The summed E-state index contributed by atoms with van der Waals surface area (Å²) in [6.45, 7) is -3.70. The number of rotatable bonds is 7. The molecule has 2 aromatic carbocycles. The summed E-state index contributed by atoms with van der Waals surface area (Å²) in [5.41, 5.74) is -0.587. The van der Waals surface area contributed by atoms with Gasteiger partial charge >= 0.3 is 12.6 Å². The maximum atomic E-state index is 12.4. The van der Waals surface area contributed by atoms with Crippen LogP contribution in [-0.2, 0) is 22.7 Å². The molecule has 3 aromatic rings. The van der Waals surface area contributed by atoms with E-state index in [-0.39, 0.29) is 28.9 Å². The van der Waals surface area contributed by atoms with E-state index in [0.29, 0.717) is 5.56 Å². The van der Waals surface area contributed by atoms with Crippen molar-refractivity contribution >= 4 is 16.7 Å². The van der Waals surface area contributed by atoms with E-state index in [9.17, 15) is 23.2 Å². The van der Waals surface area contributed by atoms with Gasteiger partial charge in [0.1, 0.15) is 13.2 Å². The molecule has 1 aromatic heterocycles. The highest BCUT2D eigenvalue weighted by atomic mass is 19.3. The van der Waals surface area contributed by atoms with Gasteiger partial charge in [0, 0.05) is 0 Å². The number of aromatic nitrogens is 2. The molecule has 0 unspecified atom stereocenters. The van der Waals surface area contributed by atoms with Crippen molar-refractivity contribution in [1.82, 2.24) is 9.78 Å². The van der Waals surface area contributed by atoms with Crippen molar-refractivity contribution in [2.75, 3.05) is 7.11 Å². The molecule has 10 heteroatoms. The molecule has 0 aliphatic heterocycles. The Morgan fingerprint density at radius 2 is 1.83 bits per heavy atom. The first-order valence-electron chi connectivity index (χ1n) is 8.38. The molecule has 0 saturated carbocycles. The first-order chi connectivity index (χ1) is 13.9. The van der Waals surface area contributed by atoms with E-state index in [4.69, 9.17) is 9.47 Å². The van der Waals surface area contributed by atoms with E-state index in [1.54, 1.807) is 12.1 Å². The number of halogens is 2. The van der Waals surface area contributed by atoms with E-state index >= 15 is 0 Å². The number of fused-ring (bicyclic) bond motifs is 1. The van der Waals surface area contributed by atoms with Crippen LogP contribution in [-0.4, -0.2) is 29.5 Å². The Morgan fingerprint density at radius 1 is 1.10 bits per heavy atom. The number of esters is 1. The molecule has 1 heterocycles. The number of alkyl halides is 2. The van der Waals surface area contributed by atoms with Crippen LogP contribution in [0.2, 0.25) is 0 Å². The zero-order valence-electron chi connectivity index (χ0n) is 15.2. The normalized spacial score (nSPS) is 10.9. The van der Waals surface area contributed by atoms with Crippen LogP contribution in [0.25, 0.3) is 10.8 Å². The quantitative estimate of drug-likeness (QED) is 0.603. The Balaban J connectivity index is 1.71. The van der Waals surface area contributed by atoms with Crippen LogP contribution in [0.15, 0.2) is 52.1 Å². The van der Waals surface area contributed by atoms with Crippen molar-refractivity contribution in [3.63, 3.8) is 0 Å². The van der Waals surface area contributed by atoms with Gasteiger partial charge in [0.25, 0.3) is 11.1 Å². The van der Waals surface area contributed by atoms with Gasteiger partial charge in [-0.05, 0) is 29.8 Å². The largest absolute Gasteiger partial charge is 0.493 e. The van der Waals surface area contributed by atoms with Crippen molar-refractivity contribution in [2.24, 2.45) is 0 Å². The fourth-order valence-corrected chi connectivity index (χ4v) is 2.69. The van der Waals surface area contributed by atoms with E-state index < -0.39 is 30.2 Å². The molecular weight excluding hydrogens is 390 g/mol. The number of nitrogens with zero attached hydrogens (tertiary/aromatic N) is 1. The lowest BCUT2D eigenvalue weighted by atomic mass is 10.2. The van der Waals surface area contributed by atoms with E-state index in [1.165, 1.54) is 37.4 Å². The standard InChI is InChI=1S/C19H16F2N2O6/c1-27-15-8-11(6-7-14(15)29-19(20)21)10-28-16(24)9-23-18(26)13-5-3-2-4-12(13)17(25)22-23/h2-8,19H,9-10H2,1H3,(H,22,25). The molecule has 0 spiro atoms. The van der Waals surface area contributed by atoms with E-state index in [1.807, 2.05) is 0 Å². The Labute approximate surface area is 162 Å². The molecule has 0 saturated heterocycles. The molecule has 0 aliphatic carbocycles. The second kappa shape index (κ2) is 8.55. The minimum Gasteiger partial charge on any atom is -0.493 e. The van der Waals surface area contributed by atoms with Gasteiger partial charge in [-0.15, -0.1) is 0 Å². The first kappa shape index (κ1) is 20.1. The number of hydrogen-bond acceptors (Lipinski definition) is 6. The lowest BCUT2D eigenvalue weighted by Crippen LogP contribution is -2.32. The molecule has 8 nitrogen and oxygen atoms in total. The Kier molecular flexibility index (Phi) is 5.91. The third kappa shape index (κ3) is 4.60. The monoisotopic (exact) mass is 406 g/mol. The molecule has 152 valence electrons. The number of carbonyl (C=O) groups excluding carboxylic acids is 1. The summed E-state index contributed by atoms with van der Waals surface area (Å²) in [5, 5.41) is 2.74. The molecule has 0 amide bonds. The van der Waals surface area contributed by atoms with Crippen LogP contribution in [0.4, 0.5) is 8.78 Å². The SMILES string of the molecule is COc1cc(COC(=O)Cn2[nH]c(=O)c3ccccc3c2=O)ccc1OC(F)F. The summed E-state index contributed by atoms with van der Waals surface area (Å²) in [5.74, 6) is -0.878. The third-order valence-electron chi connectivity index (χ3n) is 4.01. The van der Waals surface area contributed by atoms with Gasteiger partial charge in [0.2, 0.25) is 0 Å². The number of nitrogens with one attached hydrogen (secondary N) is 1. The predicted molar refractivity (Wildman–Crippen MR) is 98.3 cm³/mol. The molecule has 3 rings (SSSR count). The number of ether oxygens (including phenoxy) is 3. The maximum absolute atomic E-state index is 12.4. The van der Waals surface area contributed by atoms with Gasteiger partial charge in [0.05, 0.1) is 17.9 Å². The zero-order chi connectivity index (χ0) is 21.0. The molecule has 29 heavy (non-hydrogen) atoms. The van der Waals surface area contributed by atoms with Crippen LogP contribution in [0.1, 0.15) is 5.56 Å². The van der Waals surface area contributed by atoms with Crippen molar-refractivity contribution in [3.05, 3.63) is 68.7 Å². The van der Waals surface area contributed by atoms with Crippen LogP contribution in [0.3, 0.4) is 0 Å². The molecule has 0 aliphatic rings. The minimum absolute atomic E-state index is 0.0499. The number of methoxy groups -OCH3 is 1. The predicted octanol–water partition coefficient (Wildman–Crippen LogP) is 2.04. The van der Waals surface area contributed by atoms with E-state index in [0.717, 1.165) is 4.68 Å². The Morgan fingerprint density at radius 3 is 2.52 bits per heavy atom. The number of carbonyl (C=O) groups is 1. The summed E-state index contributed by atoms with van der Waals surface area (Å²) >= 11 is 0. The molecule has 0 fully saturated rings. The average Bonchev–Trinajstić information content (AvgIpc) is 2.70. The topological polar surface area (TPSA) is 99.6 Å². The number of H-pyrrole nitrogens is 1. The summed E-state index contributed by atoms with van der Waals surface area (Å²) in [4.78, 5) is 36.5. The lowest BCUT2D eigenvalue weighted by molar-refractivity contribution is -0.146. The second-order valence-electron chi connectivity index (χ2n) is 5.90. The fourth-order valence-electron chi connectivity index (χ4n) is 2.69. The molecule has 0 radical (unpaired) electrons. The zero-order valence-corrected chi connectivity index (χ0v) is 15.2. The summed E-state index contributed by atoms with van der Waals surface area (Å²) in [7, 11) is 1.28. The summed E-state index contributed by atoms with van der Waals surface area (Å²) in [6, 6.07) is 10.3. The first-order valence-corrected chi connectivity index (χ1v) is 8.38. The van der Waals surface area contributed by atoms with Crippen molar-refractivity contribution in [3.8, 4) is 11.5 Å². The van der Waals surface area contributed by atoms with Gasteiger partial charge in [-0.1, -0.05) is 18.2 Å². The van der Waals surface area contributed by atoms with Crippen LogP contribution < -0.4 is 20.6 Å². The second-order valence-corrected chi connectivity index (χ2v) is 5.90. The molecule has 0 atom stereocenters. The fraction of sp³-hybridized carbons (Fsp3) is 0.211. The Hall–Kier alpha value is -3.69. The highest BCUT2D eigenvalue weighted by Gasteiger charge is 2.14. The van der Waals surface area contributed by atoms with E-state index in [2.05, 4.69) is 9.84 Å².